The third-order valence-corrected chi connectivity index (χ3v) is 3.41. The highest BCUT2D eigenvalue weighted by Gasteiger charge is 2.34. The highest BCUT2D eigenvalue weighted by atomic mass is 16.5. The molecule has 0 radical (unpaired) electrons. The van der Waals surface area contributed by atoms with Crippen LogP contribution in [0.4, 0.5) is 0 Å². The third kappa shape index (κ3) is 3.56. The molecule has 0 saturated carbocycles. The van der Waals surface area contributed by atoms with Crippen LogP contribution in [0.3, 0.4) is 0 Å². The molecule has 3 nitrogen and oxygen atoms in total. The van der Waals surface area contributed by atoms with E-state index >= 15 is 0 Å². The van der Waals surface area contributed by atoms with E-state index in [-0.39, 0.29) is 17.9 Å². The fraction of sp³-hybridized carbons (Fsp3) is 0.923. The molecule has 0 spiro atoms. The second kappa shape index (κ2) is 6.36. The predicted molar refractivity (Wildman–Crippen MR) is 65.6 cm³/mol. The molecule has 0 aliphatic carbocycles. The monoisotopic (exact) mass is 227 g/mol. The maximum absolute atomic E-state index is 12.1. The van der Waals surface area contributed by atoms with E-state index in [1.165, 1.54) is 19.3 Å². The normalized spacial score (nSPS) is 18.7. The van der Waals surface area contributed by atoms with Gasteiger partial charge in [0, 0.05) is 6.61 Å². The molecule has 0 amide bonds. The van der Waals surface area contributed by atoms with Gasteiger partial charge in [-0.25, -0.2) is 0 Å². The fourth-order valence-electron chi connectivity index (χ4n) is 2.12. The topological polar surface area (TPSA) is 29.5 Å². The quantitative estimate of drug-likeness (QED) is 0.652. The lowest BCUT2D eigenvalue weighted by atomic mass is 9.94. The van der Waals surface area contributed by atoms with Gasteiger partial charge in [0.25, 0.3) is 0 Å². The molecule has 3 heteroatoms. The van der Waals surface area contributed by atoms with Crippen LogP contribution in [0.15, 0.2) is 0 Å². The van der Waals surface area contributed by atoms with Crippen molar-refractivity contribution in [2.45, 2.75) is 52.0 Å². The summed E-state index contributed by atoms with van der Waals surface area (Å²) in [5, 5.41) is 0. The average Bonchev–Trinajstić information content (AvgIpc) is 2.30. The summed E-state index contributed by atoms with van der Waals surface area (Å²) in [6.07, 6.45) is 4.70. The molecule has 0 aromatic carbocycles. The largest absolute Gasteiger partial charge is 0.374 e. The Hall–Kier alpha value is -0.410. The summed E-state index contributed by atoms with van der Waals surface area (Å²) in [6, 6.07) is 0. The van der Waals surface area contributed by atoms with Crippen molar-refractivity contribution in [1.82, 2.24) is 4.90 Å². The van der Waals surface area contributed by atoms with Gasteiger partial charge in [-0.1, -0.05) is 13.3 Å². The molecule has 0 aromatic heterocycles. The average molecular weight is 227 g/mol. The number of hydrogen-bond acceptors (Lipinski definition) is 3. The van der Waals surface area contributed by atoms with Crippen molar-refractivity contribution in [3.8, 4) is 0 Å². The molecule has 16 heavy (non-hydrogen) atoms. The lowest BCUT2D eigenvalue weighted by Crippen LogP contribution is -2.53. The van der Waals surface area contributed by atoms with Crippen molar-refractivity contribution in [2.24, 2.45) is 0 Å². The van der Waals surface area contributed by atoms with Crippen LogP contribution in [0.5, 0.6) is 0 Å². The van der Waals surface area contributed by atoms with Crippen LogP contribution in [0.2, 0.25) is 0 Å². The molecule has 0 aromatic rings. The smallest absolute Gasteiger partial charge is 0.178 e. The van der Waals surface area contributed by atoms with Gasteiger partial charge in [-0.05, 0) is 46.2 Å². The van der Waals surface area contributed by atoms with Gasteiger partial charge in [0.15, 0.2) is 5.78 Å². The number of hydrogen-bond donors (Lipinski definition) is 0. The predicted octanol–water partition coefficient (Wildman–Crippen LogP) is 2.25. The molecule has 1 fully saturated rings. The van der Waals surface area contributed by atoms with Crippen LogP contribution in [0.25, 0.3) is 0 Å². The first-order valence-corrected chi connectivity index (χ1v) is 6.45. The molecule has 0 unspecified atom stereocenters. The summed E-state index contributed by atoms with van der Waals surface area (Å²) < 4.78 is 5.35. The molecule has 0 bridgehead atoms. The zero-order chi connectivity index (χ0) is 12.0. The van der Waals surface area contributed by atoms with Gasteiger partial charge in [0.05, 0.1) is 5.54 Å². The lowest BCUT2D eigenvalue weighted by molar-refractivity contribution is -0.134. The molecule has 0 N–H and O–H groups in total. The van der Waals surface area contributed by atoms with Gasteiger partial charge < -0.3 is 4.74 Å². The molecule has 1 saturated heterocycles. The number of ether oxygens (including phenoxy) is 1. The third-order valence-electron chi connectivity index (χ3n) is 3.41. The summed E-state index contributed by atoms with van der Waals surface area (Å²) in [4.78, 5) is 14.4. The van der Waals surface area contributed by atoms with E-state index in [1.54, 1.807) is 0 Å². The number of Topliss-reactive ketones (excluding diaryl/α,β-unsaturated/α-hetero) is 1. The van der Waals surface area contributed by atoms with Gasteiger partial charge >= 0.3 is 0 Å². The molecule has 1 rings (SSSR count). The first-order chi connectivity index (χ1) is 7.59. The number of nitrogens with zero attached hydrogens (tertiary/aromatic N) is 1. The second-order valence-corrected chi connectivity index (χ2v) is 5.08. The van der Waals surface area contributed by atoms with Crippen LogP contribution < -0.4 is 0 Å². The van der Waals surface area contributed by atoms with Crippen molar-refractivity contribution in [2.75, 3.05) is 26.3 Å². The fourth-order valence-corrected chi connectivity index (χ4v) is 2.12. The van der Waals surface area contributed by atoms with Gasteiger partial charge in [-0.15, -0.1) is 0 Å². The highest BCUT2D eigenvalue weighted by Crippen LogP contribution is 2.21. The lowest BCUT2D eigenvalue weighted by Gasteiger charge is -2.39. The summed E-state index contributed by atoms with van der Waals surface area (Å²) in [5.41, 5.74) is -0.353. The van der Waals surface area contributed by atoms with Gasteiger partial charge in [-0.2, -0.15) is 0 Å². The summed E-state index contributed by atoms with van der Waals surface area (Å²) in [7, 11) is 0. The second-order valence-electron chi connectivity index (χ2n) is 5.08. The van der Waals surface area contributed by atoms with Crippen LogP contribution >= 0.6 is 0 Å². The number of rotatable bonds is 6. The maximum Gasteiger partial charge on any atom is 0.178 e. The summed E-state index contributed by atoms with van der Waals surface area (Å²) >= 11 is 0. The van der Waals surface area contributed by atoms with Gasteiger partial charge in [0.2, 0.25) is 0 Å². The van der Waals surface area contributed by atoms with Crippen molar-refractivity contribution in [3.05, 3.63) is 0 Å². The number of ketones is 1. The van der Waals surface area contributed by atoms with Crippen LogP contribution in [0, 0.1) is 0 Å². The van der Waals surface area contributed by atoms with Crippen molar-refractivity contribution >= 4 is 5.78 Å². The standard InChI is InChI=1S/C13H25NO2/c1-4-10-16-11-12(15)13(2,3)14-8-6-5-7-9-14/h4-11H2,1-3H3. The summed E-state index contributed by atoms with van der Waals surface area (Å²) in [5.74, 6) is 0.211. The van der Waals surface area contributed by atoms with E-state index in [0.29, 0.717) is 6.61 Å². The van der Waals surface area contributed by atoms with Gasteiger partial charge in [0.1, 0.15) is 6.61 Å². The Morgan fingerprint density at radius 3 is 2.44 bits per heavy atom. The highest BCUT2D eigenvalue weighted by molar-refractivity contribution is 5.88. The zero-order valence-electron chi connectivity index (χ0n) is 10.9. The molecule has 94 valence electrons. The molecule has 1 heterocycles. The Kier molecular flexibility index (Phi) is 5.42. The van der Waals surface area contributed by atoms with E-state index < -0.39 is 0 Å². The van der Waals surface area contributed by atoms with E-state index in [9.17, 15) is 4.79 Å². The SMILES string of the molecule is CCCOCC(=O)C(C)(C)N1CCCCC1. The number of carbonyl (C=O) groups excluding carboxylic acids is 1. The first-order valence-electron chi connectivity index (χ1n) is 6.45. The first kappa shape index (κ1) is 13.7. The Morgan fingerprint density at radius 2 is 1.88 bits per heavy atom. The van der Waals surface area contributed by atoms with E-state index in [2.05, 4.69) is 11.8 Å². The van der Waals surface area contributed by atoms with Gasteiger partial charge in [-0.3, -0.25) is 9.69 Å². The van der Waals surface area contributed by atoms with Crippen molar-refractivity contribution in [1.29, 1.82) is 0 Å². The van der Waals surface area contributed by atoms with Crippen LogP contribution in [0.1, 0.15) is 46.5 Å². The minimum atomic E-state index is -0.353. The molecule has 1 aliphatic rings. The molecule has 0 atom stereocenters. The number of carbonyl (C=O) groups is 1. The Balaban J connectivity index is 2.43. The van der Waals surface area contributed by atoms with Crippen molar-refractivity contribution in [3.63, 3.8) is 0 Å². The number of likely N-dealkylation sites (tertiary alicyclic amines) is 1. The minimum Gasteiger partial charge on any atom is -0.374 e. The van der Waals surface area contributed by atoms with Crippen molar-refractivity contribution < 1.29 is 9.53 Å². The zero-order valence-corrected chi connectivity index (χ0v) is 10.9. The Labute approximate surface area is 99.1 Å². The van der Waals surface area contributed by atoms with Crippen LogP contribution in [-0.4, -0.2) is 42.5 Å². The minimum absolute atomic E-state index is 0.211. The van der Waals surface area contributed by atoms with E-state index in [4.69, 9.17) is 4.74 Å². The Morgan fingerprint density at radius 1 is 1.25 bits per heavy atom. The molecular weight excluding hydrogens is 202 g/mol. The maximum atomic E-state index is 12.1. The Bertz CT molecular complexity index is 220. The van der Waals surface area contributed by atoms with E-state index in [1.807, 2.05) is 13.8 Å². The summed E-state index contributed by atoms with van der Waals surface area (Å²) in [6.45, 7) is 9.14. The van der Waals surface area contributed by atoms with Crippen LogP contribution in [-0.2, 0) is 9.53 Å². The van der Waals surface area contributed by atoms with E-state index in [0.717, 1.165) is 19.5 Å². The number of piperidine rings is 1. The molecule has 1 aliphatic heterocycles. The molecular formula is C13H25NO2.